The van der Waals surface area contributed by atoms with Crippen LogP contribution in [0.4, 0.5) is 10.5 Å². The largest absolute Gasteiger partial charge is 0.516 e. The number of carbonyl (C=O) groups excluding carboxylic acids is 2. The molecule has 0 radical (unpaired) electrons. The Balaban J connectivity index is 2.22. The van der Waals surface area contributed by atoms with Gasteiger partial charge in [0.2, 0.25) is 6.29 Å². The highest BCUT2D eigenvalue weighted by Crippen LogP contribution is 2.17. The van der Waals surface area contributed by atoms with Gasteiger partial charge in [0, 0.05) is 19.1 Å². The van der Waals surface area contributed by atoms with Gasteiger partial charge in [-0.25, -0.2) is 9.63 Å². The molecule has 13 heteroatoms. The van der Waals surface area contributed by atoms with Crippen LogP contribution >= 0.6 is 0 Å². The highest BCUT2D eigenvalue weighted by atomic mass is 17.1. The summed E-state index contributed by atoms with van der Waals surface area (Å²) in [6.07, 6.45) is -2.54. The smallest absolute Gasteiger partial charge is 0.425 e. The van der Waals surface area contributed by atoms with Crippen molar-refractivity contribution in [2.75, 3.05) is 19.8 Å². The lowest BCUT2D eigenvalue weighted by Crippen LogP contribution is -2.24. The van der Waals surface area contributed by atoms with Gasteiger partial charge >= 0.3 is 12.1 Å². The van der Waals surface area contributed by atoms with Gasteiger partial charge in [-0.2, -0.15) is 0 Å². The lowest BCUT2D eigenvalue weighted by Gasteiger charge is -2.14. The van der Waals surface area contributed by atoms with Crippen LogP contribution in [-0.4, -0.2) is 59.0 Å². The number of nitro benzene ring substituents is 1. The second-order valence-corrected chi connectivity index (χ2v) is 4.73. The molecule has 0 aromatic heterocycles. The van der Waals surface area contributed by atoms with Gasteiger partial charge in [-0.3, -0.25) is 25.3 Å². The summed E-state index contributed by atoms with van der Waals surface area (Å²) in [6, 6.07) is 4.72. The number of non-ortho nitro benzene ring substituents is 1. The first-order valence-electron chi connectivity index (χ1n) is 7.49. The third kappa shape index (κ3) is 10.0. The third-order valence-corrected chi connectivity index (χ3v) is 2.69. The molecule has 0 saturated heterocycles. The number of hydrogen-bond acceptors (Lipinski definition) is 12. The van der Waals surface area contributed by atoms with Crippen LogP contribution in [0.25, 0.3) is 0 Å². The Labute approximate surface area is 152 Å². The van der Waals surface area contributed by atoms with Crippen LogP contribution in [0, 0.1) is 10.1 Å². The molecule has 27 heavy (non-hydrogen) atoms. The van der Waals surface area contributed by atoms with Crippen molar-refractivity contribution in [2.45, 2.75) is 19.6 Å². The number of esters is 1. The van der Waals surface area contributed by atoms with Crippen molar-refractivity contribution < 1.29 is 48.7 Å². The van der Waals surface area contributed by atoms with E-state index in [1.54, 1.807) is 0 Å². The Morgan fingerprint density at radius 3 is 2.41 bits per heavy atom. The summed E-state index contributed by atoms with van der Waals surface area (Å²) in [5, 5.41) is 26.6. The number of nitrogens with zero attached hydrogens (tertiary/aromatic N) is 2. The second kappa shape index (κ2) is 11.7. The molecule has 0 aliphatic rings. The fourth-order valence-corrected chi connectivity index (χ4v) is 1.60. The van der Waals surface area contributed by atoms with Gasteiger partial charge in [0.15, 0.2) is 0 Å². The van der Waals surface area contributed by atoms with E-state index < -0.39 is 28.7 Å². The van der Waals surface area contributed by atoms with Crippen molar-refractivity contribution in [3.63, 3.8) is 0 Å². The summed E-state index contributed by atoms with van der Waals surface area (Å²) in [4.78, 5) is 37.2. The quantitative estimate of drug-likeness (QED) is 0.139. The van der Waals surface area contributed by atoms with Gasteiger partial charge in [-0.15, -0.1) is 0 Å². The summed E-state index contributed by atoms with van der Waals surface area (Å²) in [7, 11) is 0. The summed E-state index contributed by atoms with van der Waals surface area (Å²) >= 11 is 0. The van der Waals surface area contributed by atoms with Crippen molar-refractivity contribution >= 4 is 17.8 Å². The molecule has 0 saturated carbocycles. The lowest BCUT2D eigenvalue weighted by atomic mass is 10.3. The van der Waals surface area contributed by atoms with Crippen molar-refractivity contribution in [1.82, 2.24) is 5.39 Å². The monoisotopic (exact) mass is 390 g/mol. The molecular weight excluding hydrogens is 372 g/mol. The van der Waals surface area contributed by atoms with Crippen LogP contribution in [0.3, 0.4) is 0 Å². The summed E-state index contributed by atoms with van der Waals surface area (Å²) in [6.45, 7) is 1.12. The Morgan fingerprint density at radius 1 is 1.15 bits per heavy atom. The summed E-state index contributed by atoms with van der Waals surface area (Å²) < 4.78 is 19.3. The minimum atomic E-state index is -1.23. The minimum Gasteiger partial charge on any atom is -0.425 e. The first-order chi connectivity index (χ1) is 12.8. The van der Waals surface area contributed by atoms with Crippen LogP contribution in [0.15, 0.2) is 24.3 Å². The molecule has 150 valence electrons. The standard InChI is InChI=1S/C14H18N2O11/c1-10(25-13(17)6-7-23-8-9-24-16(21)22)26-14(18)27-12-4-2-11(3-5-12)15(19)20/h2-5,10,21-22H,6-9H2,1H3. The zero-order valence-electron chi connectivity index (χ0n) is 14.2. The fraction of sp³-hybridized carbons (Fsp3) is 0.429. The van der Waals surface area contributed by atoms with Gasteiger partial charge in [0.1, 0.15) is 5.75 Å². The molecule has 1 rings (SSSR count). The van der Waals surface area contributed by atoms with E-state index in [-0.39, 0.29) is 37.7 Å². The van der Waals surface area contributed by atoms with Crippen LogP contribution in [0.5, 0.6) is 5.75 Å². The molecule has 0 aliphatic heterocycles. The average molecular weight is 390 g/mol. The minimum absolute atomic E-state index is 0.00147. The van der Waals surface area contributed by atoms with Gasteiger partial charge in [0.05, 0.1) is 36.6 Å². The van der Waals surface area contributed by atoms with Crippen molar-refractivity contribution in [3.05, 3.63) is 34.4 Å². The average Bonchev–Trinajstić information content (AvgIpc) is 2.57. The maximum Gasteiger partial charge on any atom is 0.516 e. The van der Waals surface area contributed by atoms with Crippen LogP contribution in [0.2, 0.25) is 0 Å². The highest BCUT2D eigenvalue weighted by molar-refractivity contribution is 5.70. The molecule has 0 spiro atoms. The van der Waals surface area contributed by atoms with Crippen LogP contribution in [0.1, 0.15) is 13.3 Å². The van der Waals surface area contributed by atoms with Crippen LogP contribution < -0.4 is 4.74 Å². The zero-order chi connectivity index (χ0) is 20.2. The number of benzene rings is 1. The van der Waals surface area contributed by atoms with Gasteiger partial charge in [-0.05, 0) is 12.1 Å². The van der Waals surface area contributed by atoms with Gasteiger partial charge in [-0.1, -0.05) is 0 Å². The molecule has 1 aromatic rings. The first-order valence-corrected chi connectivity index (χ1v) is 7.49. The Morgan fingerprint density at radius 2 is 1.81 bits per heavy atom. The highest BCUT2D eigenvalue weighted by Gasteiger charge is 2.16. The van der Waals surface area contributed by atoms with Crippen molar-refractivity contribution in [1.29, 1.82) is 0 Å². The van der Waals surface area contributed by atoms with E-state index in [0.717, 1.165) is 12.1 Å². The molecule has 2 N–H and O–H groups in total. The van der Waals surface area contributed by atoms with E-state index in [1.165, 1.54) is 19.1 Å². The first kappa shape index (κ1) is 22.2. The predicted molar refractivity (Wildman–Crippen MR) is 82.6 cm³/mol. The molecule has 13 nitrogen and oxygen atoms in total. The summed E-state index contributed by atoms with van der Waals surface area (Å²) in [5.41, 5.74) is -0.170. The maximum atomic E-state index is 11.6. The Hall–Kier alpha value is -2.84. The predicted octanol–water partition coefficient (Wildman–Crippen LogP) is 1.42. The van der Waals surface area contributed by atoms with Gasteiger partial charge < -0.3 is 18.9 Å². The van der Waals surface area contributed by atoms with E-state index in [0.29, 0.717) is 0 Å². The molecule has 0 amide bonds. The van der Waals surface area contributed by atoms with E-state index >= 15 is 0 Å². The Bertz CT molecular complexity index is 620. The molecule has 0 fully saturated rings. The number of carbonyl (C=O) groups is 2. The second-order valence-electron chi connectivity index (χ2n) is 4.73. The number of hydrogen-bond donors (Lipinski definition) is 2. The van der Waals surface area contributed by atoms with Gasteiger partial charge in [0.25, 0.3) is 5.69 Å². The van der Waals surface area contributed by atoms with E-state index in [4.69, 9.17) is 29.4 Å². The molecule has 1 aromatic carbocycles. The summed E-state index contributed by atoms with van der Waals surface area (Å²) in [5.74, 6) is -0.693. The lowest BCUT2D eigenvalue weighted by molar-refractivity contribution is -0.493. The van der Waals surface area contributed by atoms with Crippen LogP contribution in [-0.2, 0) is 23.8 Å². The van der Waals surface area contributed by atoms with E-state index in [1.807, 2.05) is 0 Å². The molecule has 1 unspecified atom stereocenters. The number of nitro groups is 1. The molecule has 1 atom stereocenters. The van der Waals surface area contributed by atoms with E-state index in [2.05, 4.69) is 4.84 Å². The normalized spacial score (nSPS) is 11.7. The SMILES string of the molecule is CC(OC(=O)CCOCCON(O)O)OC(=O)Oc1ccc([N+](=O)[O-])cc1. The third-order valence-electron chi connectivity index (χ3n) is 2.69. The Kier molecular flexibility index (Phi) is 9.63. The number of rotatable bonds is 11. The topological polar surface area (TPSA) is 167 Å². The fourth-order valence-electron chi connectivity index (χ4n) is 1.60. The zero-order valence-corrected chi connectivity index (χ0v) is 14.2. The van der Waals surface area contributed by atoms with E-state index in [9.17, 15) is 19.7 Å². The number of ether oxygens (including phenoxy) is 4. The van der Waals surface area contributed by atoms with Crippen molar-refractivity contribution in [2.24, 2.45) is 0 Å². The molecular formula is C14H18N2O11. The molecule has 0 aliphatic carbocycles. The molecule has 0 bridgehead atoms. The molecule has 0 heterocycles. The van der Waals surface area contributed by atoms with Crippen molar-refractivity contribution in [3.8, 4) is 5.75 Å². The maximum absolute atomic E-state index is 11.6.